The highest BCUT2D eigenvalue weighted by atomic mass is 35.5. The van der Waals surface area contributed by atoms with Gasteiger partial charge in [-0.25, -0.2) is 0 Å². The molecule has 1 fully saturated rings. The third-order valence-corrected chi connectivity index (χ3v) is 5.20. The molecule has 2 aromatic rings. The van der Waals surface area contributed by atoms with Crippen molar-refractivity contribution >= 4 is 23.3 Å². The van der Waals surface area contributed by atoms with E-state index in [0.29, 0.717) is 29.5 Å². The lowest BCUT2D eigenvalue weighted by Crippen LogP contribution is -2.24. The zero-order valence-corrected chi connectivity index (χ0v) is 15.7. The first-order chi connectivity index (χ1) is 12.5. The molecule has 2 unspecified atom stereocenters. The van der Waals surface area contributed by atoms with E-state index >= 15 is 0 Å². The third kappa shape index (κ3) is 3.79. The fraction of sp³-hybridized carbons (Fsp3) is 0.350. The van der Waals surface area contributed by atoms with Crippen LogP contribution in [-0.4, -0.2) is 38.2 Å². The van der Waals surface area contributed by atoms with Gasteiger partial charge in [-0.3, -0.25) is 9.69 Å². The minimum atomic E-state index is -0.281. The summed E-state index contributed by atoms with van der Waals surface area (Å²) in [5.74, 6) is -0.0194. The molecule has 1 aliphatic rings. The number of anilines is 1. The SMILES string of the molecule is COC(=O)C1CN(Cc2ccccc2)CC1c1cc(OC)c(Cl)cc1N. The number of hydrogen-bond donors (Lipinski definition) is 1. The van der Waals surface area contributed by atoms with E-state index in [9.17, 15) is 4.79 Å². The van der Waals surface area contributed by atoms with Gasteiger partial charge in [-0.15, -0.1) is 0 Å². The Kier molecular flexibility index (Phi) is 5.69. The largest absolute Gasteiger partial charge is 0.495 e. The number of nitrogens with zero attached hydrogens (tertiary/aromatic N) is 1. The van der Waals surface area contributed by atoms with Crippen molar-refractivity contribution < 1.29 is 14.3 Å². The second kappa shape index (κ2) is 7.98. The van der Waals surface area contributed by atoms with Crippen molar-refractivity contribution in [1.29, 1.82) is 0 Å². The van der Waals surface area contributed by atoms with Crippen LogP contribution < -0.4 is 10.5 Å². The topological polar surface area (TPSA) is 64.8 Å². The van der Waals surface area contributed by atoms with Crippen LogP contribution in [0.4, 0.5) is 5.69 Å². The summed E-state index contributed by atoms with van der Waals surface area (Å²) >= 11 is 6.16. The lowest BCUT2D eigenvalue weighted by atomic mass is 9.88. The van der Waals surface area contributed by atoms with Crippen LogP contribution in [0.5, 0.6) is 5.75 Å². The minimum absolute atomic E-state index is 0.0719. The summed E-state index contributed by atoms with van der Waals surface area (Å²) in [5, 5.41) is 0.461. The Balaban J connectivity index is 1.90. The number of nitrogens with two attached hydrogens (primary N) is 1. The van der Waals surface area contributed by atoms with Crippen LogP contribution in [0.3, 0.4) is 0 Å². The molecule has 2 atom stereocenters. The molecule has 0 radical (unpaired) electrons. The van der Waals surface area contributed by atoms with E-state index in [0.717, 1.165) is 12.1 Å². The Hall–Kier alpha value is -2.24. The smallest absolute Gasteiger partial charge is 0.310 e. The molecule has 138 valence electrons. The predicted molar refractivity (Wildman–Crippen MR) is 102 cm³/mol. The summed E-state index contributed by atoms with van der Waals surface area (Å²) in [7, 11) is 2.99. The first-order valence-corrected chi connectivity index (χ1v) is 8.88. The number of benzene rings is 2. The molecule has 6 heteroatoms. The summed E-state index contributed by atoms with van der Waals surface area (Å²) in [6, 6.07) is 13.7. The van der Waals surface area contributed by atoms with Crippen molar-refractivity contribution in [3.05, 3.63) is 58.6 Å². The van der Waals surface area contributed by atoms with Gasteiger partial charge in [0.2, 0.25) is 0 Å². The van der Waals surface area contributed by atoms with Gasteiger partial charge >= 0.3 is 5.97 Å². The van der Waals surface area contributed by atoms with E-state index in [2.05, 4.69) is 17.0 Å². The molecule has 1 saturated heterocycles. The average molecular weight is 375 g/mol. The van der Waals surface area contributed by atoms with Gasteiger partial charge in [0.05, 0.1) is 25.2 Å². The molecule has 3 rings (SSSR count). The van der Waals surface area contributed by atoms with E-state index in [1.54, 1.807) is 13.2 Å². The van der Waals surface area contributed by atoms with E-state index in [1.165, 1.54) is 12.7 Å². The molecule has 0 amide bonds. The number of carbonyl (C=O) groups excluding carboxylic acids is 1. The van der Waals surface area contributed by atoms with Gasteiger partial charge in [0.25, 0.3) is 0 Å². The predicted octanol–water partition coefficient (Wildman–Crippen LogP) is 3.32. The Labute approximate surface area is 158 Å². The first-order valence-electron chi connectivity index (χ1n) is 8.50. The summed E-state index contributed by atoms with van der Waals surface area (Å²) in [6.45, 7) is 2.11. The molecule has 0 aromatic heterocycles. The lowest BCUT2D eigenvalue weighted by Gasteiger charge is -2.20. The Morgan fingerprint density at radius 3 is 2.62 bits per heavy atom. The number of esters is 1. The molecule has 0 aliphatic carbocycles. The molecule has 2 aromatic carbocycles. The number of ether oxygens (including phenoxy) is 2. The summed E-state index contributed by atoms with van der Waals surface area (Å²) in [6.07, 6.45) is 0. The third-order valence-electron chi connectivity index (χ3n) is 4.91. The van der Waals surface area contributed by atoms with Gasteiger partial charge in [-0.05, 0) is 23.3 Å². The number of halogens is 1. The molecule has 26 heavy (non-hydrogen) atoms. The van der Waals surface area contributed by atoms with Crippen LogP contribution in [0, 0.1) is 5.92 Å². The van der Waals surface area contributed by atoms with Crippen molar-refractivity contribution in [3.8, 4) is 5.75 Å². The average Bonchev–Trinajstić information content (AvgIpc) is 3.05. The highest BCUT2D eigenvalue weighted by molar-refractivity contribution is 6.32. The van der Waals surface area contributed by atoms with Crippen LogP contribution in [0.2, 0.25) is 5.02 Å². The fourth-order valence-corrected chi connectivity index (χ4v) is 3.87. The van der Waals surface area contributed by atoms with Crippen molar-refractivity contribution in [1.82, 2.24) is 4.90 Å². The monoisotopic (exact) mass is 374 g/mol. The first kappa shape index (κ1) is 18.5. The molecule has 2 N–H and O–H groups in total. The Morgan fingerprint density at radius 2 is 1.96 bits per heavy atom. The Morgan fingerprint density at radius 1 is 1.23 bits per heavy atom. The number of nitrogen functional groups attached to an aromatic ring is 1. The maximum absolute atomic E-state index is 12.4. The van der Waals surface area contributed by atoms with Gasteiger partial charge in [0.15, 0.2) is 0 Å². The molecule has 0 saturated carbocycles. The Bertz CT molecular complexity index is 782. The standard InChI is InChI=1S/C20H23ClN2O3/c1-25-19-8-14(18(22)9-17(19)21)15-11-23(12-16(15)20(24)26-2)10-13-6-4-3-5-7-13/h3-9,15-16H,10-12,22H2,1-2H3. The van der Waals surface area contributed by atoms with Gasteiger partial charge in [-0.1, -0.05) is 41.9 Å². The highest BCUT2D eigenvalue weighted by Gasteiger charge is 2.40. The van der Waals surface area contributed by atoms with Gasteiger partial charge in [0.1, 0.15) is 5.75 Å². The van der Waals surface area contributed by atoms with Crippen molar-refractivity contribution in [2.75, 3.05) is 33.0 Å². The van der Waals surface area contributed by atoms with Crippen LogP contribution in [-0.2, 0) is 16.1 Å². The van der Waals surface area contributed by atoms with Crippen LogP contribution in [0.15, 0.2) is 42.5 Å². The van der Waals surface area contributed by atoms with Crippen molar-refractivity contribution in [2.45, 2.75) is 12.5 Å². The van der Waals surface area contributed by atoms with Gasteiger partial charge in [-0.2, -0.15) is 0 Å². The van der Waals surface area contributed by atoms with E-state index in [1.807, 2.05) is 24.3 Å². The second-order valence-electron chi connectivity index (χ2n) is 6.53. The number of rotatable bonds is 5. The second-order valence-corrected chi connectivity index (χ2v) is 6.94. The molecule has 0 bridgehead atoms. The molecular weight excluding hydrogens is 352 g/mol. The molecule has 1 heterocycles. The summed E-state index contributed by atoms with van der Waals surface area (Å²) in [5.41, 5.74) is 8.86. The van der Waals surface area contributed by atoms with Gasteiger partial charge < -0.3 is 15.2 Å². The van der Waals surface area contributed by atoms with E-state index in [4.69, 9.17) is 26.8 Å². The van der Waals surface area contributed by atoms with E-state index < -0.39 is 0 Å². The number of likely N-dealkylation sites (tertiary alicyclic amines) is 1. The van der Waals surface area contributed by atoms with Crippen LogP contribution in [0.1, 0.15) is 17.0 Å². The zero-order valence-electron chi connectivity index (χ0n) is 14.9. The molecule has 0 spiro atoms. The molecular formula is C20H23ClN2O3. The molecule has 5 nitrogen and oxygen atoms in total. The summed E-state index contributed by atoms with van der Waals surface area (Å²) < 4.78 is 10.4. The lowest BCUT2D eigenvalue weighted by molar-refractivity contribution is -0.145. The maximum Gasteiger partial charge on any atom is 0.310 e. The highest BCUT2D eigenvalue weighted by Crippen LogP contribution is 2.40. The van der Waals surface area contributed by atoms with E-state index in [-0.39, 0.29) is 17.8 Å². The molecule has 1 aliphatic heterocycles. The zero-order chi connectivity index (χ0) is 18.7. The normalized spacial score (nSPS) is 20.1. The summed E-state index contributed by atoms with van der Waals surface area (Å²) in [4.78, 5) is 14.6. The van der Waals surface area contributed by atoms with Gasteiger partial charge in [0, 0.05) is 31.2 Å². The van der Waals surface area contributed by atoms with Crippen LogP contribution >= 0.6 is 11.6 Å². The number of hydrogen-bond acceptors (Lipinski definition) is 5. The quantitative estimate of drug-likeness (QED) is 0.642. The number of methoxy groups -OCH3 is 2. The van der Waals surface area contributed by atoms with Crippen molar-refractivity contribution in [2.24, 2.45) is 5.92 Å². The maximum atomic E-state index is 12.4. The fourth-order valence-electron chi connectivity index (χ4n) is 3.62. The van der Waals surface area contributed by atoms with Crippen LogP contribution in [0.25, 0.3) is 0 Å². The minimum Gasteiger partial charge on any atom is -0.495 e. The number of carbonyl (C=O) groups is 1. The van der Waals surface area contributed by atoms with Crippen molar-refractivity contribution in [3.63, 3.8) is 0 Å².